The third-order valence-electron chi connectivity index (χ3n) is 4.77. The predicted octanol–water partition coefficient (Wildman–Crippen LogP) is 6.23. The van der Waals surface area contributed by atoms with Crippen LogP contribution in [0.1, 0.15) is 119 Å². The van der Waals surface area contributed by atoms with E-state index in [0.717, 1.165) is 25.7 Å². The van der Waals surface area contributed by atoms with E-state index >= 15 is 0 Å². The van der Waals surface area contributed by atoms with Crippen LogP contribution in [0.15, 0.2) is 0 Å². The number of carbonyl (C=O) groups excluding carboxylic acids is 2. The Labute approximate surface area is 175 Å². The number of carbonyl (C=O) groups is 2. The SMILES string of the molecule is CCCCC(CCCC)C(C)=O.CCCCC(CCCC)C(C)=O.[SnH2]. The van der Waals surface area contributed by atoms with Gasteiger partial charge in [-0.2, -0.15) is 0 Å². The maximum absolute atomic E-state index is 11.2. The van der Waals surface area contributed by atoms with Crippen LogP contribution in [-0.4, -0.2) is 35.5 Å². The van der Waals surface area contributed by atoms with E-state index in [9.17, 15) is 9.59 Å². The Hall–Kier alpha value is 0.139. The topological polar surface area (TPSA) is 34.1 Å². The van der Waals surface area contributed by atoms with E-state index in [2.05, 4.69) is 27.7 Å². The number of unbranched alkanes of at least 4 members (excludes halogenated alkanes) is 4. The van der Waals surface area contributed by atoms with Crippen LogP contribution in [0.4, 0.5) is 0 Å². The van der Waals surface area contributed by atoms with Gasteiger partial charge in [0.25, 0.3) is 0 Å². The molecular formula is C22H46O2Sn. The van der Waals surface area contributed by atoms with Crippen molar-refractivity contribution < 1.29 is 9.59 Å². The molecule has 0 aromatic carbocycles. The van der Waals surface area contributed by atoms with Gasteiger partial charge in [-0.05, 0) is 39.5 Å². The van der Waals surface area contributed by atoms with Crippen molar-refractivity contribution in [2.75, 3.05) is 0 Å². The minimum atomic E-state index is 0. The van der Waals surface area contributed by atoms with Crippen molar-refractivity contribution in [2.24, 2.45) is 11.8 Å². The normalized spacial score (nSPS) is 10.2. The van der Waals surface area contributed by atoms with Gasteiger partial charge in [-0.1, -0.05) is 79.1 Å². The molecule has 0 aromatic rings. The Bertz CT molecular complexity index is 256. The zero-order valence-corrected chi connectivity index (χ0v) is 22.2. The third kappa shape index (κ3) is 20.3. The Morgan fingerprint density at radius 3 is 0.880 bits per heavy atom. The molecule has 0 spiro atoms. The van der Waals surface area contributed by atoms with E-state index in [4.69, 9.17) is 0 Å². The molecule has 0 unspecified atom stereocenters. The first-order valence-electron chi connectivity index (χ1n) is 10.4. The monoisotopic (exact) mass is 462 g/mol. The van der Waals surface area contributed by atoms with Crippen molar-refractivity contribution in [2.45, 2.75) is 119 Å². The van der Waals surface area contributed by atoms with Crippen LogP contribution in [0, 0.1) is 11.8 Å². The molecule has 0 bridgehead atoms. The summed E-state index contributed by atoms with van der Waals surface area (Å²) in [5.41, 5.74) is 0. The Morgan fingerprint density at radius 2 is 0.760 bits per heavy atom. The summed E-state index contributed by atoms with van der Waals surface area (Å²) in [7, 11) is 0. The third-order valence-corrected chi connectivity index (χ3v) is 4.77. The van der Waals surface area contributed by atoms with Crippen LogP contribution >= 0.6 is 0 Å². The van der Waals surface area contributed by atoms with E-state index in [1.165, 1.54) is 51.4 Å². The molecular weight excluding hydrogens is 415 g/mol. The molecule has 3 heteroatoms. The zero-order chi connectivity index (χ0) is 18.8. The molecule has 0 saturated heterocycles. The average molecular weight is 461 g/mol. The van der Waals surface area contributed by atoms with Crippen molar-refractivity contribution in [3.8, 4) is 0 Å². The first kappa shape index (κ1) is 29.9. The van der Waals surface area contributed by atoms with Crippen LogP contribution in [-0.2, 0) is 9.59 Å². The van der Waals surface area contributed by atoms with Gasteiger partial charge in [0.05, 0.1) is 0 Å². The first-order valence-corrected chi connectivity index (χ1v) is 10.4. The number of hydrogen-bond acceptors (Lipinski definition) is 2. The van der Waals surface area contributed by atoms with Gasteiger partial charge in [-0.25, -0.2) is 0 Å². The molecule has 0 rings (SSSR count). The summed E-state index contributed by atoms with van der Waals surface area (Å²) < 4.78 is 0. The maximum atomic E-state index is 11.2. The molecule has 25 heavy (non-hydrogen) atoms. The fraction of sp³-hybridized carbons (Fsp3) is 0.909. The molecule has 0 atom stereocenters. The summed E-state index contributed by atoms with van der Waals surface area (Å²) in [5, 5.41) is 0. The van der Waals surface area contributed by atoms with Crippen LogP contribution in [0.25, 0.3) is 0 Å². The van der Waals surface area contributed by atoms with E-state index in [1.54, 1.807) is 13.8 Å². The molecule has 0 aliphatic rings. The van der Waals surface area contributed by atoms with Crippen LogP contribution < -0.4 is 0 Å². The standard InChI is InChI=1S/2C11H22O.Sn.2H/c2*1-4-6-8-11(10(3)12)9-7-5-2;;;/h2*11H,4-9H2,1-3H3;;;. The van der Waals surface area contributed by atoms with Gasteiger partial charge in [-0.3, -0.25) is 9.59 Å². The van der Waals surface area contributed by atoms with Crippen molar-refractivity contribution in [3.05, 3.63) is 0 Å². The summed E-state index contributed by atoms with van der Waals surface area (Å²) in [6.07, 6.45) is 14.0. The molecule has 0 aliphatic heterocycles. The molecule has 2 radical (unpaired) electrons. The van der Waals surface area contributed by atoms with Gasteiger partial charge in [-0.15, -0.1) is 0 Å². The van der Waals surface area contributed by atoms with E-state index < -0.39 is 0 Å². The molecule has 0 aliphatic carbocycles. The number of rotatable bonds is 14. The van der Waals surface area contributed by atoms with Gasteiger partial charge >= 0.3 is 23.9 Å². The van der Waals surface area contributed by atoms with Crippen LogP contribution in [0.3, 0.4) is 0 Å². The van der Waals surface area contributed by atoms with Gasteiger partial charge in [0.15, 0.2) is 0 Å². The number of Topliss-reactive ketones (excluding diaryl/α,β-unsaturated/α-hetero) is 2. The molecule has 0 N–H and O–H groups in total. The summed E-state index contributed by atoms with van der Waals surface area (Å²) in [4.78, 5) is 22.3. The van der Waals surface area contributed by atoms with Crippen molar-refractivity contribution >= 4 is 35.5 Å². The van der Waals surface area contributed by atoms with Gasteiger partial charge in [0.2, 0.25) is 0 Å². The Balaban J connectivity index is -0.000000372. The van der Waals surface area contributed by atoms with Crippen molar-refractivity contribution in [3.63, 3.8) is 0 Å². The van der Waals surface area contributed by atoms with Crippen molar-refractivity contribution in [1.82, 2.24) is 0 Å². The van der Waals surface area contributed by atoms with Gasteiger partial charge in [0, 0.05) is 11.8 Å². The minimum absolute atomic E-state index is 0. The Morgan fingerprint density at radius 1 is 0.560 bits per heavy atom. The molecule has 0 heterocycles. The van der Waals surface area contributed by atoms with Crippen molar-refractivity contribution in [1.29, 1.82) is 0 Å². The van der Waals surface area contributed by atoms with Gasteiger partial charge < -0.3 is 0 Å². The Kier molecular flexibility index (Phi) is 26.5. The fourth-order valence-electron chi connectivity index (χ4n) is 2.90. The average Bonchev–Trinajstić information content (AvgIpc) is 2.55. The first-order chi connectivity index (χ1) is 11.4. The summed E-state index contributed by atoms with van der Waals surface area (Å²) in [6.45, 7) is 12.2. The summed E-state index contributed by atoms with van der Waals surface area (Å²) >= 11 is 0. The summed E-state index contributed by atoms with van der Waals surface area (Å²) in [6, 6.07) is 0. The fourth-order valence-corrected chi connectivity index (χ4v) is 2.90. The van der Waals surface area contributed by atoms with E-state index in [1.807, 2.05) is 0 Å². The molecule has 2 nitrogen and oxygen atoms in total. The zero-order valence-electron chi connectivity index (χ0n) is 18.2. The van der Waals surface area contributed by atoms with E-state index in [0.29, 0.717) is 23.4 Å². The number of hydrogen-bond donors (Lipinski definition) is 0. The molecule has 0 aromatic heterocycles. The summed E-state index contributed by atoms with van der Waals surface area (Å²) in [5.74, 6) is 1.48. The number of ketones is 2. The van der Waals surface area contributed by atoms with E-state index in [-0.39, 0.29) is 23.9 Å². The van der Waals surface area contributed by atoms with Crippen LogP contribution in [0.2, 0.25) is 0 Å². The molecule has 0 saturated carbocycles. The second kappa shape index (κ2) is 22.2. The second-order valence-corrected chi connectivity index (χ2v) is 7.18. The molecule has 150 valence electrons. The predicted molar refractivity (Wildman–Crippen MR) is 115 cm³/mol. The quantitative estimate of drug-likeness (QED) is 0.288. The molecule has 0 amide bonds. The van der Waals surface area contributed by atoms with Crippen LogP contribution in [0.5, 0.6) is 0 Å². The molecule has 0 fully saturated rings. The van der Waals surface area contributed by atoms with Gasteiger partial charge in [0.1, 0.15) is 11.6 Å². The second-order valence-electron chi connectivity index (χ2n) is 7.18.